The third-order valence-corrected chi connectivity index (χ3v) is 2.78. The van der Waals surface area contributed by atoms with Gasteiger partial charge in [-0.3, -0.25) is 4.79 Å². The molecule has 0 aromatic heterocycles. The molecule has 0 radical (unpaired) electrons. The van der Waals surface area contributed by atoms with Gasteiger partial charge in [-0.2, -0.15) is 0 Å². The van der Waals surface area contributed by atoms with Crippen molar-refractivity contribution in [2.45, 2.75) is 42.8 Å². The highest BCUT2D eigenvalue weighted by Gasteiger charge is 2.33. The summed E-state index contributed by atoms with van der Waals surface area (Å²) in [5, 5.41) is 17.8. The highest BCUT2D eigenvalue weighted by Crippen LogP contribution is 2.38. The Bertz CT molecular complexity index is 201. The van der Waals surface area contributed by atoms with E-state index in [1.54, 1.807) is 0 Å². The van der Waals surface area contributed by atoms with Crippen LogP contribution in [0.5, 0.6) is 0 Å². The van der Waals surface area contributed by atoms with Crippen LogP contribution < -0.4 is 0 Å². The monoisotopic (exact) mass is 290 g/mol. The van der Waals surface area contributed by atoms with Crippen LogP contribution in [0.3, 0.4) is 0 Å². The number of aliphatic hydroxyl groups is 1. The van der Waals surface area contributed by atoms with Crippen LogP contribution in [-0.2, 0) is 4.79 Å². The lowest BCUT2D eigenvalue weighted by Gasteiger charge is -2.33. The van der Waals surface area contributed by atoms with Gasteiger partial charge in [-0.25, -0.2) is 0 Å². The molecule has 0 bridgehead atoms. The first-order chi connectivity index (χ1) is 7.42. The molecule has 1 aliphatic carbocycles. The molecule has 0 amide bonds. The van der Waals surface area contributed by atoms with E-state index in [4.69, 9.17) is 45.0 Å². The molecule has 0 unspecified atom stereocenters. The van der Waals surface area contributed by atoms with Crippen molar-refractivity contribution in [3.63, 3.8) is 0 Å². The van der Waals surface area contributed by atoms with E-state index >= 15 is 0 Å². The predicted octanol–water partition coefficient (Wildman–Crippen LogP) is 3.39. The average Bonchev–Trinajstić information content (AvgIpc) is 2.17. The summed E-state index contributed by atoms with van der Waals surface area (Å²) >= 11 is 14.4. The van der Waals surface area contributed by atoms with Gasteiger partial charge in [0, 0.05) is 12.0 Å². The Hall–Kier alpha value is 0.300. The largest absolute Gasteiger partial charge is 0.481 e. The van der Waals surface area contributed by atoms with Gasteiger partial charge in [0.25, 0.3) is 0 Å². The third kappa shape index (κ3) is 7.55. The van der Waals surface area contributed by atoms with Crippen LogP contribution in [0.1, 0.15) is 38.5 Å². The first-order valence-corrected chi connectivity index (χ1v) is 6.48. The second-order valence-electron chi connectivity index (χ2n) is 4.04. The van der Waals surface area contributed by atoms with E-state index in [9.17, 15) is 4.79 Å². The fraction of sp³-hybridized carbons (Fsp3) is 0.900. The van der Waals surface area contributed by atoms with Crippen molar-refractivity contribution in [1.29, 1.82) is 0 Å². The van der Waals surface area contributed by atoms with Gasteiger partial charge in [-0.1, -0.05) is 54.1 Å². The molecule has 1 aliphatic rings. The molecule has 2 N–H and O–H groups in total. The van der Waals surface area contributed by atoms with Crippen LogP contribution in [0.2, 0.25) is 0 Å². The topological polar surface area (TPSA) is 57.5 Å². The van der Waals surface area contributed by atoms with Gasteiger partial charge in [0.1, 0.15) is 0 Å². The summed E-state index contributed by atoms with van der Waals surface area (Å²) in [6, 6.07) is 0. The van der Waals surface area contributed by atoms with Crippen LogP contribution in [0.4, 0.5) is 0 Å². The molecule has 0 aromatic carbocycles. The smallest absolute Gasteiger partial charge is 0.303 e. The van der Waals surface area contributed by atoms with E-state index in [2.05, 4.69) is 0 Å². The van der Waals surface area contributed by atoms with E-state index in [1.165, 1.54) is 6.42 Å². The minimum Gasteiger partial charge on any atom is -0.481 e. The lowest BCUT2D eigenvalue weighted by Crippen LogP contribution is -2.30. The Labute approximate surface area is 111 Å². The van der Waals surface area contributed by atoms with Crippen LogP contribution in [0.25, 0.3) is 0 Å². The number of aliphatic hydroxyl groups excluding tert-OH is 1. The van der Waals surface area contributed by atoms with Crippen LogP contribution >= 0.6 is 34.8 Å². The molecule has 96 valence electrons. The van der Waals surface area contributed by atoms with Crippen molar-refractivity contribution < 1.29 is 15.0 Å². The van der Waals surface area contributed by atoms with Crippen LogP contribution in [0, 0.1) is 5.41 Å². The molecule has 1 rings (SSSR count). The van der Waals surface area contributed by atoms with E-state index in [1.807, 2.05) is 0 Å². The standard InChI is InChI=1S/C9H16O3.CHCl3/c10-7-9(6-8(11)12)4-2-1-3-5-9;2-1(3)4/h10H,1-7H2,(H,11,12);1H. The summed E-state index contributed by atoms with van der Waals surface area (Å²) in [5.74, 6) is -0.786. The van der Waals surface area contributed by atoms with Crippen molar-refractivity contribution in [3.8, 4) is 0 Å². The third-order valence-electron chi connectivity index (χ3n) is 2.78. The maximum Gasteiger partial charge on any atom is 0.303 e. The highest BCUT2D eigenvalue weighted by atomic mass is 35.6. The number of hydrogen-bond donors (Lipinski definition) is 2. The van der Waals surface area contributed by atoms with Gasteiger partial charge in [0.2, 0.25) is 0 Å². The molecule has 0 atom stereocenters. The minimum atomic E-state index is -0.786. The number of hydrogen-bond acceptors (Lipinski definition) is 2. The average molecular weight is 292 g/mol. The molecule has 3 nitrogen and oxygen atoms in total. The first kappa shape index (κ1) is 16.3. The summed E-state index contributed by atoms with van der Waals surface area (Å²) in [4.78, 5) is 10.5. The van der Waals surface area contributed by atoms with Crippen molar-refractivity contribution in [3.05, 3.63) is 0 Å². The lowest BCUT2D eigenvalue weighted by atomic mass is 9.72. The Morgan fingerprint density at radius 3 is 1.94 bits per heavy atom. The van der Waals surface area contributed by atoms with Gasteiger partial charge in [-0.05, 0) is 12.8 Å². The van der Waals surface area contributed by atoms with Gasteiger partial charge >= 0.3 is 5.97 Å². The second-order valence-corrected chi connectivity index (χ2v) is 6.02. The van der Waals surface area contributed by atoms with Crippen molar-refractivity contribution >= 4 is 40.8 Å². The predicted molar refractivity (Wildman–Crippen MR) is 66.2 cm³/mol. The first-order valence-electron chi connectivity index (χ1n) is 5.17. The maximum atomic E-state index is 10.5. The van der Waals surface area contributed by atoms with Gasteiger partial charge < -0.3 is 10.2 Å². The zero-order valence-corrected chi connectivity index (χ0v) is 11.2. The molecule has 16 heavy (non-hydrogen) atoms. The second kappa shape index (κ2) is 8.40. The van der Waals surface area contributed by atoms with Crippen LogP contribution in [-0.4, -0.2) is 27.1 Å². The quantitative estimate of drug-likeness (QED) is 0.784. The molecule has 0 spiro atoms. The molecule has 0 saturated heterocycles. The van der Waals surface area contributed by atoms with Crippen molar-refractivity contribution in [1.82, 2.24) is 0 Å². The molecule has 1 saturated carbocycles. The number of carboxylic acids is 1. The summed E-state index contributed by atoms with van der Waals surface area (Å²) in [5.41, 5.74) is -0.302. The number of rotatable bonds is 3. The number of aliphatic carboxylic acids is 1. The molecule has 0 aliphatic heterocycles. The Kier molecular flexibility index (Phi) is 8.56. The zero-order valence-electron chi connectivity index (χ0n) is 8.96. The molecule has 0 heterocycles. The van der Waals surface area contributed by atoms with Gasteiger partial charge in [-0.15, -0.1) is 0 Å². The Morgan fingerprint density at radius 2 is 1.62 bits per heavy atom. The minimum absolute atomic E-state index is 0.0271. The molecular formula is C10H17Cl3O3. The summed E-state index contributed by atoms with van der Waals surface area (Å²) < 4.78 is -0.750. The lowest BCUT2D eigenvalue weighted by molar-refractivity contribution is -0.141. The van der Waals surface area contributed by atoms with E-state index in [-0.39, 0.29) is 18.4 Å². The zero-order chi connectivity index (χ0) is 12.6. The fourth-order valence-electron chi connectivity index (χ4n) is 2.01. The summed E-state index contributed by atoms with van der Waals surface area (Å²) in [7, 11) is 0. The molecule has 1 fully saturated rings. The van der Waals surface area contributed by atoms with Crippen molar-refractivity contribution in [2.24, 2.45) is 5.41 Å². The Balaban J connectivity index is 0.000000487. The van der Waals surface area contributed by atoms with E-state index in [0.29, 0.717) is 0 Å². The van der Waals surface area contributed by atoms with Crippen molar-refractivity contribution in [2.75, 3.05) is 6.61 Å². The number of halogens is 3. The number of carbonyl (C=O) groups is 1. The van der Waals surface area contributed by atoms with Gasteiger partial charge in [0.05, 0.1) is 6.42 Å². The Morgan fingerprint density at radius 1 is 1.19 bits per heavy atom. The highest BCUT2D eigenvalue weighted by molar-refractivity contribution is 6.63. The maximum absolute atomic E-state index is 10.5. The number of alkyl halides is 3. The van der Waals surface area contributed by atoms with E-state index < -0.39 is 10.3 Å². The molecule has 0 aromatic rings. The van der Waals surface area contributed by atoms with E-state index in [0.717, 1.165) is 25.7 Å². The summed E-state index contributed by atoms with van der Waals surface area (Å²) in [6.45, 7) is 0.0271. The number of carboxylic acid groups (broad SMARTS) is 1. The normalized spacial score (nSPS) is 18.8. The van der Waals surface area contributed by atoms with Crippen LogP contribution in [0.15, 0.2) is 0 Å². The molecule has 6 heteroatoms. The van der Waals surface area contributed by atoms with Gasteiger partial charge in [0.15, 0.2) is 4.30 Å². The molecular weight excluding hydrogens is 274 g/mol. The summed E-state index contributed by atoms with van der Waals surface area (Å²) in [6.07, 6.45) is 5.18. The SMILES string of the molecule is ClC(Cl)Cl.O=C(O)CC1(CO)CCCCC1. The fourth-order valence-corrected chi connectivity index (χ4v) is 2.01.